The number of hydrogen-bond acceptors (Lipinski definition) is 4. The van der Waals surface area contributed by atoms with Crippen LogP contribution in [0.15, 0.2) is 11.6 Å². The summed E-state index contributed by atoms with van der Waals surface area (Å²) in [7, 11) is 0. The summed E-state index contributed by atoms with van der Waals surface area (Å²) in [5, 5.41) is 2.40. The molecule has 0 radical (unpaired) electrons. The van der Waals surface area contributed by atoms with Gasteiger partial charge in [-0.25, -0.2) is 4.98 Å². The lowest BCUT2D eigenvalue weighted by atomic mass is 10.3. The Morgan fingerprint density at radius 1 is 1.50 bits per heavy atom. The minimum atomic E-state index is -0.144. The number of anilines is 1. The van der Waals surface area contributed by atoms with Crippen molar-refractivity contribution in [2.24, 2.45) is 0 Å². The molecule has 1 aromatic heterocycles. The highest BCUT2D eigenvalue weighted by molar-refractivity contribution is 7.13. The average molecular weight is 182 g/mol. The van der Waals surface area contributed by atoms with Crippen molar-refractivity contribution in [1.82, 2.24) is 4.98 Å². The Balaban J connectivity index is 2.26. The van der Waals surface area contributed by atoms with Crippen LogP contribution in [0.3, 0.4) is 0 Å². The maximum Gasteiger partial charge on any atom is 0.236 e. The molecule has 0 unspecified atom stereocenters. The Morgan fingerprint density at radius 2 is 2.33 bits per heavy atom. The molecule has 1 saturated heterocycles. The fourth-order valence-electron chi connectivity index (χ4n) is 1.11. The predicted octanol–water partition coefficient (Wildman–Crippen LogP) is 0.449. The largest absolute Gasteiger partial charge is 0.297 e. The third-order valence-electron chi connectivity index (χ3n) is 1.63. The van der Waals surface area contributed by atoms with Crippen molar-refractivity contribution in [1.29, 1.82) is 0 Å². The second-order valence-corrected chi connectivity index (χ2v) is 3.38. The molecule has 0 spiro atoms. The number of thiazole rings is 1. The van der Waals surface area contributed by atoms with Gasteiger partial charge in [-0.2, -0.15) is 0 Å². The number of carbonyl (C=O) groups excluding carboxylic acids is 2. The molecule has 0 aliphatic carbocycles. The van der Waals surface area contributed by atoms with E-state index < -0.39 is 0 Å². The van der Waals surface area contributed by atoms with Gasteiger partial charge in [0.2, 0.25) is 5.91 Å². The van der Waals surface area contributed by atoms with Gasteiger partial charge in [0, 0.05) is 11.6 Å². The summed E-state index contributed by atoms with van der Waals surface area (Å²) in [6, 6.07) is 0. The molecule has 62 valence electrons. The normalized spacial score (nSPS) is 17.5. The maximum atomic E-state index is 11.2. The van der Waals surface area contributed by atoms with Gasteiger partial charge in [-0.05, 0) is 0 Å². The van der Waals surface area contributed by atoms with Crippen LogP contribution in [0.5, 0.6) is 0 Å². The Bertz CT molecular complexity index is 320. The monoisotopic (exact) mass is 182 g/mol. The van der Waals surface area contributed by atoms with E-state index >= 15 is 0 Å². The first-order valence-corrected chi connectivity index (χ1v) is 4.37. The predicted molar refractivity (Wildman–Crippen MR) is 44.1 cm³/mol. The summed E-state index contributed by atoms with van der Waals surface area (Å²) >= 11 is 1.37. The first-order valence-electron chi connectivity index (χ1n) is 3.49. The van der Waals surface area contributed by atoms with E-state index in [1.54, 1.807) is 11.6 Å². The number of Topliss-reactive ketones (excluding diaryl/α,β-unsaturated/α-hetero) is 1. The highest BCUT2D eigenvalue weighted by Gasteiger charge is 2.29. The number of nitrogens with zero attached hydrogens (tertiary/aromatic N) is 2. The molecule has 2 rings (SSSR count). The van der Waals surface area contributed by atoms with E-state index in [9.17, 15) is 9.59 Å². The Morgan fingerprint density at radius 3 is 2.83 bits per heavy atom. The number of rotatable bonds is 1. The molecule has 1 amide bonds. The van der Waals surface area contributed by atoms with Gasteiger partial charge in [0.05, 0.1) is 13.0 Å². The average Bonchev–Trinajstić information content (AvgIpc) is 2.58. The maximum absolute atomic E-state index is 11.2. The highest BCUT2D eigenvalue weighted by Crippen LogP contribution is 2.21. The van der Waals surface area contributed by atoms with Crippen molar-refractivity contribution in [2.75, 3.05) is 11.4 Å². The summed E-state index contributed by atoms with van der Waals surface area (Å²) in [4.78, 5) is 27.4. The Labute approximate surface area is 72.8 Å². The van der Waals surface area contributed by atoms with E-state index in [2.05, 4.69) is 4.98 Å². The Hall–Kier alpha value is -1.23. The van der Waals surface area contributed by atoms with Crippen molar-refractivity contribution in [3.63, 3.8) is 0 Å². The van der Waals surface area contributed by atoms with Crippen LogP contribution in [-0.2, 0) is 9.59 Å². The molecule has 0 bridgehead atoms. The number of carbonyl (C=O) groups is 2. The van der Waals surface area contributed by atoms with Crippen molar-refractivity contribution >= 4 is 28.2 Å². The standard InChI is InChI=1S/C7H6N2O2S/c10-5-3-6(11)9(4-5)7-8-1-2-12-7/h1-2H,3-4H2. The van der Waals surface area contributed by atoms with E-state index in [0.717, 1.165) is 0 Å². The first-order chi connectivity index (χ1) is 5.77. The van der Waals surface area contributed by atoms with E-state index in [4.69, 9.17) is 0 Å². The summed E-state index contributed by atoms with van der Waals surface area (Å²) in [5.41, 5.74) is 0. The highest BCUT2D eigenvalue weighted by atomic mass is 32.1. The quantitative estimate of drug-likeness (QED) is 0.592. The van der Waals surface area contributed by atoms with Crippen molar-refractivity contribution in [3.8, 4) is 0 Å². The number of amides is 1. The topological polar surface area (TPSA) is 50.3 Å². The van der Waals surface area contributed by atoms with Crippen LogP contribution in [0.1, 0.15) is 6.42 Å². The second kappa shape index (κ2) is 2.67. The molecule has 1 aromatic rings. The van der Waals surface area contributed by atoms with Gasteiger partial charge in [0.25, 0.3) is 0 Å². The third kappa shape index (κ3) is 1.12. The van der Waals surface area contributed by atoms with Crippen LogP contribution in [0.2, 0.25) is 0 Å². The molecule has 1 fully saturated rings. The molecule has 0 N–H and O–H groups in total. The van der Waals surface area contributed by atoms with E-state index in [0.29, 0.717) is 5.13 Å². The zero-order valence-corrected chi connectivity index (χ0v) is 7.00. The molecule has 1 aliphatic rings. The lowest BCUT2D eigenvalue weighted by Crippen LogP contribution is -2.24. The Kier molecular flexibility index (Phi) is 1.65. The summed E-state index contributed by atoms with van der Waals surface area (Å²) in [5.74, 6) is -0.176. The van der Waals surface area contributed by atoms with Crippen LogP contribution in [0.25, 0.3) is 0 Å². The molecule has 5 heteroatoms. The van der Waals surface area contributed by atoms with Crippen LogP contribution < -0.4 is 4.90 Å². The van der Waals surface area contributed by atoms with Gasteiger partial charge in [0.15, 0.2) is 10.9 Å². The molecular formula is C7H6N2O2S. The number of aromatic nitrogens is 1. The molecule has 0 saturated carbocycles. The molecular weight excluding hydrogens is 176 g/mol. The minimum absolute atomic E-state index is 0.0274. The molecule has 12 heavy (non-hydrogen) atoms. The van der Waals surface area contributed by atoms with Gasteiger partial charge in [-0.15, -0.1) is 11.3 Å². The summed E-state index contributed by atoms with van der Waals surface area (Å²) < 4.78 is 0. The lowest BCUT2D eigenvalue weighted by molar-refractivity contribution is -0.121. The van der Waals surface area contributed by atoms with Gasteiger partial charge in [0.1, 0.15) is 0 Å². The van der Waals surface area contributed by atoms with Gasteiger partial charge in [-0.3, -0.25) is 14.5 Å². The zero-order valence-electron chi connectivity index (χ0n) is 6.19. The van der Waals surface area contributed by atoms with Crippen molar-refractivity contribution in [2.45, 2.75) is 6.42 Å². The molecule has 2 heterocycles. The van der Waals surface area contributed by atoms with Crippen LogP contribution in [-0.4, -0.2) is 23.2 Å². The number of ketones is 1. The summed E-state index contributed by atoms with van der Waals surface area (Å²) in [6.45, 7) is 0.187. The minimum Gasteiger partial charge on any atom is -0.297 e. The first kappa shape index (κ1) is 7.42. The molecule has 4 nitrogen and oxygen atoms in total. The van der Waals surface area contributed by atoms with Gasteiger partial charge in [-0.1, -0.05) is 0 Å². The van der Waals surface area contributed by atoms with Gasteiger partial charge < -0.3 is 0 Å². The van der Waals surface area contributed by atoms with Crippen molar-refractivity contribution in [3.05, 3.63) is 11.6 Å². The van der Waals surface area contributed by atoms with E-state index in [1.807, 2.05) is 0 Å². The lowest BCUT2D eigenvalue weighted by Gasteiger charge is -2.08. The second-order valence-electron chi connectivity index (χ2n) is 2.51. The van der Waals surface area contributed by atoms with E-state index in [-0.39, 0.29) is 24.7 Å². The van der Waals surface area contributed by atoms with Crippen LogP contribution in [0, 0.1) is 0 Å². The third-order valence-corrected chi connectivity index (χ3v) is 2.43. The summed E-state index contributed by atoms with van der Waals surface area (Å²) in [6.07, 6.45) is 1.65. The van der Waals surface area contributed by atoms with Crippen LogP contribution >= 0.6 is 11.3 Å². The van der Waals surface area contributed by atoms with Crippen LogP contribution in [0.4, 0.5) is 5.13 Å². The molecule has 1 aliphatic heterocycles. The van der Waals surface area contributed by atoms with Crippen molar-refractivity contribution < 1.29 is 9.59 Å². The fourth-order valence-corrected chi connectivity index (χ4v) is 1.77. The number of hydrogen-bond donors (Lipinski definition) is 0. The molecule has 0 atom stereocenters. The smallest absolute Gasteiger partial charge is 0.236 e. The van der Waals surface area contributed by atoms with Gasteiger partial charge >= 0.3 is 0 Å². The SMILES string of the molecule is O=C1CC(=O)N(c2nccs2)C1. The van der Waals surface area contributed by atoms with E-state index in [1.165, 1.54) is 16.2 Å². The molecule has 0 aromatic carbocycles. The zero-order chi connectivity index (χ0) is 8.55. The fraction of sp³-hybridized carbons (Fsp3) is 0.286.